The summed E-state index contributed by atoms with van der Waals surface area (Å²) in [7, 11) is 0. The van der Waals surface area contributed by atoms with Crippen molar-refractivity contribution in [1.82, 2.24) is 19.9 Å². The maximum absolute atomic E-state index is 5.66. The molecular formula is C7H6ClN5S. The van der Waals surface area contributed by atoms with Crippen LogP contribution in [0, 0.1) is 6.92 Å². The second-order valence-electron chi connectivity index (χ2n) is 2.55. The first-order valence-corrected chi connectivity index (χ1v) is 5.00. The summed E-state index contributed by atoms with van der Waals surface area (Å²) in [6.07, 6.45) is 0. The van der Waals surface area contributed by atoms with Gasteiger partial charge in [0.25, 0.3) is 0 Å². The molecule has 0 aliphatic heterocycles. The molecule has 0 saturated carbocycles. The van der Waals surface area contributed by atoms with E-state index in [0.29, 0.717) is 5.82 Å². The van der Waals surface area contributed by atoms with Gasteiger partial charge in [-0.05, 0) is 18.5 Å². The van der Waals surface area contributed by atoms with Gasteiger partial charge in [-0.2, -0.15) is 15.0 Å². The quantitative estimate of drug-likeness (QED) is 0.800. The Morgan fingerprint density at radius 3 is 2.71 bits per heavy atom. The molecule has 14 heavy (non-hydrogen) atoms. The molecule has 0 radical (unpaired) electrons. The molecule has 0 amide bonds. The molecule has 0 aliphatic carbocycles. The summed E-state index contributed by atoms with van der Waals surface area (Å²) in [6, 6.07) is 0. The Hall–Kier alpha value is -1.27. The Labute approximate surface area is 89.0 Å². The van der Waals surface area contributed by atoms with Gasteiger partial charge in [0.2, 0.25) is 11.2 Å². The summed E-state index contributed by atoms with van der Waals surface area (Å²) < 4.78 is 0. The number of nitrogens with two attached hydrogens (primary N) is 1. The number of nitrogens with zero attached hydrogens (tertiary/aromatic N) is 4. The highest BCUT2D eigenvalue weighted by atomic mass is 35.5. The third-order valence-electron chi connectivity index (χ3n) is 1.57. The van der Waals surface area contributed by atoms with Gasteiger partial charge in [-0.1, -0.05) is 0 Å². The first kappa shape index (κ1) is 9.29. The zero-order valence-electron chi connectivity index (χ0n) is 7.23. The van der Waals surface area contributed by atoms with E-state index in [1.807, 2.05) is 6.92 Å². The topological polar surface area (TPSA) is 77.6 Å². The predicted molar refractivity (Wildman–Crippen MR) is 55.1 cm³/mol. The maximum atomic E-state index is 5.66. The summed E-state index contributed by atoms with van der Waals surface area (Å²) in [5.41, 5.74) is 8.03. The lowest BCUT2D eigenvalue weighted by Crippen LogP contribution is -1.99. The lowest BCUT2D eigenvalue weighted by Gasteiger charge is -1.98. The van der Waals surface area contributed by atoms with E-state index in [0.717, 1.165) is 10.6 Å². The summed E-state index contributed by atoms with van der Waals surface area (Å²) in [6.45, 7) is 1.87. The van der Waals surface area contributed by atoms with Crippen LogP contribution in [0.3, 0.4) is 0 Å². The predicted octanol–water partition coefficient (Wildman–Crippen LogP) is 1.54. The van der Waals surface area contributed by atoms with E-state index >= 15 is 0 Å². The largest absolute Gasteiger partial charge is 0.368 e. The van der Waals surface area contributed by atoms with Gasteiger partial charge in [0.05, 0.1) is 16.1 Å². The van der Waals surface area contributed by atoms with Crippen molar-refractivity contribution >= 4 is 28.9 Å². The fourth-order valence-corrected chi connectivity index (χ4v) is 1.89. The van der Waals surface area contributed by atoms with Crippen LogP contribution in [0.2, 0.25) is 5.28 Å². The minimum absolute atomic E-state index is 0.0975. The summed E-state index contributed by atoms with van der Waals surface area (Å²) in [5, 5.41) is 0.0975. The number of aryl methyl sites for hydroxylation is 1. The average molecular weight is 228 g/mol. The van der Waals surface area contributed by atoms with Crippen molar-refractivity contribution in [3.63, 3.8) is 0 Å². The molecule has 72 valence electrons. The van der Waals surface area contributed by atoms with Crippen LogP contribution in [0.4, 0.5) is 5.95 Å². The highest BCUT2D eigenvalue weighted by molar-refractivity contribution is 7.13. The van der Waals surface area contributed by atoms with Crippen LogP contribution in [-0.4, -0.2) is 19.9 Å². The lowest BCUT2D eigenvalue weighted by atomic mass is 10.4. The number of rotatable bonds is 1. The molecular weight excluding hydrogens is 222 g/mol. The Kier molecular flexibility index (Phi) is 2.30. The number of nitrogen functional groups attached to an aromatic ring is 1. The molecule has 0 atom stereocenters. The molecule has 2 aromatic rings. The van der Waals surface area contributed by atoms with E-state index in [-0.39, 0.29) is 11.2 Å². The van der Waals surface area contributed by atoms with Crippen LogP contribution in [0.5, 0.6) is 0 Å². The standard InChI is InChI=1S/C7H6ClN5S/c1-3-4(14-2-10-3)5-11-6(8)13-7(9)12-5/h2H,1H3,(H2,9,11,12,13). The van der Waals surface area contributed by atoms with E-state index in [2.05, 4.69) is 19.9 Å². The van der Waals surface area contributed by atoms with Gasteiger partial charge in [0.15, 0.2) is 5.82 Å². The van der Waals surface area contributed by atoms with Crippen molar-refractivity contribution in [2.45, 2.75) is 6.92 Å². The molecule has 2 heterocycles. The zero-order chi connectivity index (χ0) is 10.1. The molecule has 0 bridgehead atoms. The molecule has 0 saturated heterocycles. The zero-order valence-corrected chi connectivity index (χ0v) is 8.80. The third-order valence-corrected chi connectivity index (χ3v) is 2.67. The number of halogens is 1. The second kappa shape index (κ2) is 3.47. The van der Waals surface area contributed by atoms with E-state index in [9.17, 15) is 0 Å². The summed E-state index contributed by atoms with van der Waals surface area (Å²) >= 11 is 7.10. The van der Waals surface area contributed by atoms with Gasteiger partial charge in [-0.3, -0.25) is 0 Å². The van der Waals surface area contributed by atoms with Gasteiger partial charge in [0, 0.05) is 0 Å². The van der Waals surface area contributed by atoms with Crippen molar-refractivity contribution in [2.75, 3.05) is 5.73 Å². The molecule has 0 unspecified atom stereocenters. The van der Waals surface area contributed by atoms with Crippen LogP contribution in [0.25, 0.3) is 10.7 Å². The monoisotopic (exact) mass is 227 g/mol. The number of hydrogen-bond acceptors (Lipinski definition) is 6. The molecule has 0 aromatic carbocycles. The third kappa shape index (κ3) is 1.66. The van der Waals surface area contributed by atoms with Crippen LogP contribution in [-0.2, 0) is 0 Å². The minimum Gasteiger partial charge on any atom is -0.368 e. The summed E-state index contributed by atoms with van der Waals surface area (Å²) in [5.74, 6) is 0.593. The van der Waals surface area contributed by atoms with Crippen molar-refractivity contribution in [3.05, 3.63) is 16.5 Å². The molecule has 7 heteroatoms. The Morgan fingerprint density at radius 2 is 2.14 bits per heavy atom. The fraction of sp³-hybridized carbons (Fsp3) is 0.143. The Balaban J connectivity index is 2.57. The first-order chi connectivity index (χ1) is 6.66. The van der Waals surface area contributed by atoms with Crippen LogP contribution >= 0.6 is 22.9 Å². The van der Waals surface area contributed by atoms with E-state index in [4.69, 9.17) is 17.3 Å². The number of aromatic nitrogens is 4. The van der Waals surface area contributed by atoms with E-state index in [1.54, 1.807) is 5.51 Å². The molecule has 0 spiro atoms. The van der Waals surface area contributed by atoms with Gasteiger partial charge in [-0.15, -0.1) is 11.3 Å². The minimum atomic E-state index is 0.0975. The van der Waals surface area contributed by atoms with Gasteiger partial charge < -0.3 is 5.73 Å². The molecule has 0 fully saturated rings. The smallest absolute Gasteiger partial charge is 0.227 e. The lowest BCUT2D eigenvalue weighted by molar-refractivity contribution is 1.07. The van der Waals surface area contributed by atoms with Crippen LogP contribution < -0.4 is 5.73 Å². The fourth-order valence-electron chi connectivity index (χ4n) is 0.983. The molecule has 2 aromatic heterocycles. The molecule has 5 nitrogen and oxygen atoms in total. The van der Waals surface area contributed by atoms with Crippen molar-refractivity contribution in [3.8, 4) is 10.7 Å². The maximum Gasteiger partial charge on any atom is 0.227 e. The van der Waals surface area contributed by atoms with E-state index in [1.165, 1.54) is 11.3 Å². The van der Waals surface area contributed by atoms with E-state index < -0.39 is 0 Å². The average Bonchev–Trinajstić information content (AvgIpc) is 2.49. The highest BCUT2D eigenvalue weighted by Crippen LogP contribution is 2.24. The van der Waals surface area contributed by atoms with Gasteiger partial charge >= 0.3 is 0 Å². The van der Waals surface area contributed by atoms with Gasteiger partial charge in [0.1, 0.15) is 0 Å². The summed E-state index contributed by atoms with van der Waals surface area (Å²) in [4.78, 5) is 16.6. The number of thiazole rings is 1. The SMILES string of the molecule is Cc1ncsc1-c1nc(N)nc(Cl)n1. The first-order valence-electron chi connectivity index (χ1n) is 3.74. The molecule has 0 aliphatic rings. The molecule has 2 N–H and O–H groups in total. The Bertz CT molecular complexity index is 449. The molecule has 2 rings (SSSR count). The second-order valence-corrected chi connectivity index (χ2v) is 3.75. The highest BCUT2D eigenvalue weighted by Gasteiger charge is 2.10. The Morgan fingerprint density at radius 1 is 1.36 bits per heavy atom. The normalized spacial score (nSPS) is 10.4. The van der Waals surface area contributed by atoms with Crippen LogP contribution in [0.1, 0.15) is 5.69 Å². The number of anilines is 1. The van der Waals surface area contributed by atoms with Crippen molar-refractivity contribution < 1.29 is 0 Å². The van der Waals surface area contributed by atoms with Gasteiger partial charge in [-0.25, -0.2) is 4.98 Å². The van der Waals surface area contributed by atoms with Crippen molar-refractivity contribution in [1.29, 1.82) is 0 Å². The van der Waals surface area contributed by atoms with Crippen molar-refractivity contribution in [2.24, 2.45) is 0 Å². The number of hydrogen-bond donors (Lipinski definition) is 1. The van der Waals surface area contributed by atoms with Crippen LogP contribution in [0.15, 0.2) is 5.51 Å².